The Morgan fingerprint density at radius 2 is 2.10 bits per heavy atom. The highest BCUT2D eigenvalue weighted by Crippen LogP contribution is 2.34. The summed E-state index contributed by atoms with van der Waals surface area (Å²) in [4.78, 5) is 47.7. The number of ether oxygens (including phenoxy) is 1. The first-order valence-corrected chi connectivity index (χ1v) is 10.7. The molecule has 0 aliphatic carbocycles. The van der Waals surface area contributed by atoms with Crippen LogP contribution in [0.25, 0.3) is 0 Å². The molecule has 4 rings (SSSR count). The summed E-state index contributed by atoms with van der Waals surface area (Å²) in [7, 11) is 0. The van der Waals surface area contributed by atoms with Gasteiger partial charge in [-0.15, -0.1) is 0 Å². The lowest BCUT2D eigenvalue weighted by Crippen LogP contribution is -2.42. The van der Waals surface area contributed by atoms with Crippen molar-refractivity contribution in [2.75, 3.05) is 12.4 Å². The third kappa shape index (κ3) is 4.53. The number of rotatable bonds is 7. The number of amidine groups is 2. The Morgan fingerprint density at radius 1 is 1.26 bits per heavy atom. The minimum absolute atomic E-state index is 0.0141. The zero-order valence-electron chi connectivity index (χ0n) is 16.7. The van der Waals surface area contributed by atoms with Crippen LogP contribution in [0.5, 0.6) is 0 Å². The highest BCUT2D eigenvalue weighted by atomic mass is 32.2. The molecule has 1 atom stereocenters. The second-order valence-electron chi connectivity index (χ2n) is 6.71. The van der Waals surface area contributed by atoms with Gasteiger partial charge in [0, 0.05) is 5.56 Å². The predicted octanol–water partition coefficient (Wildman–Crippen LogP) is 2.24. The van der Waals surface area contributed by atoms with Crippen LogP contribution in [0.2, 0.25) is 0 Å². The predicted molar refractivity (Wildman–Crippen MR) is 115 cm³/mol. The quantitative estimate of drug-likeness (QED) is 0.661. The van der Waals surface area contributed by atoms with Crippen molar-refractivity contribution in [3.63, 3.8) is 0 Å². The molecule has 2 aliphatic rings. The number of para-hydroxylation sites is 1. The number of nitrogens with zero attached hydrogens (tertiary/aromatic N) is 3. The Labute approximate surface area is 182 Å². The first kappa shape index (κ1) is 20.9. The second-order valence-corrected chi connectivity index (χ2v) is 7.65. The van der Waals surface area contributed by atoms with Crippen LogP contribution < -0.4 is 5.32 Å². The van der Waals surface area contributed by atoms with Crippen molar-refractivity contribution < 1.29 is 23.5 Å². The summed E-state index contributed by atoms with van der Waals surface area (Å²) in [5.41, 5.74) is 1.36. The van der Waals surface area contributed by atoms with Crippen LogP contribution in [0.3, 0.4) is 0 Å². The Balaban J connectivity index is 1.51. The van der Waals surface area contributed by atoms with Crippen LogP contribution in [0, 0.1) is 0 Å². The van der Waals surface area contributed by atoms with Crippen molar-refractivity contribution in [2.24, 2.45) is 9.98 Å². The topological polar surface area (TPSA) is 114 Å². The number of amides is 2. The van der Waals surface area contributed by atoms with Crippen LogP contribution in [-0.2, 0) is 25.7 Å². The number of carbonyl (C=O) groups is 3. The first-order chi connectivity index (χ1) is 15.1. The van der Waals surface area contributed by atoms with Crippen molar-refractivity contribution in [1.29, 1.82) is 0 Å². The number of benzene rings is 1. The van der Waals surface area contributed by atoms with Gasteiger partial charge in [0.25, 0.3) is 5.91 Å². The van der Waals surface area contributed by atoms with E-state index < -0.39 is 12.0 Å². The molecule has 3 heterocycles. The summed E-state index contributed by atoms with van der Waals surface area (Å²) in [5.74, 6) is 0.00487. The number of nitrogens with one attached hydrogen (secondary N) is 1. The van der Waals surface area contributed by atoms with Crippen molar-refractivity contribution in [3.8, 4) is 0 Å². The molecule has 1 N–H and O–H groups in total. The average molecular weight is 440 g/mol. The van der Waals surface area contributed by atoms with E-state index >= 15 is 0 Å². The highest BCUT2D eigenvalue weighted by Gasteiger charge is 2.42. The summed E-state index contributed by atoms with van der Waals surface area (Å²) in [5, 5.41) is 3.07. The molecule has 31 heavy (non-hydrogen) atoms. The molecule has 0 saturated carbocycles. The maximum Gasteiger partial charge on any atom is 0.316 e. The number of furan rings is 1. The van der Waals surface area contributed by atoms with Crippen LogP contribution in [0.15, 0.2) is 57.1 Å². The van der Waals surface area contributed by atoms with Gasteiger partial charge in [0.15, 0.2) is 5.17 Å². The molecular weight excluding hydrogens is 420 g/mol. The van der Waals surface area contributed by atoms with E-state index in [0.717, 1.165) is 11.8 Å². The molecular formula is C21H20N4O5S. The largest absolute Gasteiger partial charge is 0.467 e. The van der Waals surface area contributed by atoms with Gasteiger partial charge in [-0.2, -0.15) is 0 Å². The maximum atomic E-state index is 13.1. The molecule has 1 aromatic heterocycles. The molecule has 2 amide bonds. The van der Waals surface area contributed by atoms with Crippen molar-refractivity contribution in [1.82, 2.24) is 10.2 Å². The summed E-state index contributed by atoms with van der Waals surface area (Å²) >= 11 is 1.11. The summed E-state index contributed by atoms with van der Waals surface area (Å²) in [6.45, 7) is 2.24. The molecule has 2 aliphatic heterocycles. The Kier molecular flexibility index (Phi) is 6.17. The molecule has 160 valence electrons. The van der Waals surface area contributed by atoms with Gasteiger partial charge in [-0.25, -0.2) is 9.89 Å². The van der Waals surface area contributed by atoms with Crippen molar-refractivity contribution >= 4 is 46.2 Å². The molecule has 0 fully saturated rings. The maximum absolute atomic E-state index is 13.1. The van der Waals surface area contributed by atoms with E-state index in [0.29, 0.717) is 28.0 Å². The number of hydrogen-bond donors (Lipinski definition) is 1. The van der Waals surface area contributed by atoms with Gasteiger partial charge in [0.2, 0.25) is 5.91 Å². The standard InChI is InChI=1S/C21H20N4O5S/c1-2-29-18(27)12-31-21-24-15-8-4-3-7-14(15)19-23-16(20(28)25(19)21)10-17(26)22-11-13-6-5-9-30-13/h3-9,16H,2,10-12H2,1H3,(H,22,26)/t16-/m0/s1. The molecule has 2 aromatic rings. The van der Waals surface area contributed by atoms with E-state index in [9.17, 15) is 14.4 Å². The van der Waals surface area contributed by atoms with Gasteiger partial charge >= 0.3 is 5.97 Å². The molecule has 9 nitrogen and oxygen atoms in total. The SMILES string of the molecule is CCOC(=O)CSC1=Nc2ccccc2C2=N[C@@H](CC(=O)NCc3ccco3)C(=O)N12. The number of hydrogen-bond acceptors (Lipinski definition) is 8. The van der Waals surface area contributed by atoms with Gasteiger partial charge in [-0.1, -0.05) is 23.9 Å². The first-order valence-electron chi connectivity index (χ1n) is 9.74. The van der Waals surface area contributed by atoms with Gasteiger partial charge in [0.1, 0.15) is 17.6 Å². The van der Waals surface area contributed by atoms with E-state index in [4.69, 9.17) is 9.15 Å². The summed E-state index contributed by atoms with van der Waals surface area (Å²) < 4.78 is 10.2. The fourth-order valence-corrected chi connectivity index (χ4v) is 4.00. The molecule has 1 aromatic carbocycles. The number of aliphatic imine (C=N–C) groups is 2. The fraction of sp³-hybridized carbons (Fsp3) is 0.286. The van der Waals surface area contributed by atoms with E-state index in [2.05, 4.69) is 15.3 Å². The van der Waals surface area contributed by atoms with Crippen molar-refractivity contribution in [3.05, 3.63) is 54.0 Å². The van der Waals surface area contributed by atoms with Crippen LogP contribution in [0.4, 0.5) is 5.69 Å². The lowest BCUT2D eigenvalue weighted by Gasteiger charge is -2.25. The van der Waals surface area contributed by atoms with Crippen LogP contribution in [0.1, 0.15) is 24.7 Å². The monoisotopic (exact) mass is 440 g/mol. The van der Waals surface area contributed by atoms with E-state index in [1.165, 1.54) is 11.2 Å². The molecule has 0 spiro atoms. The number of thioether (sulfide) groups is 1. The van der Waals surface area contributed by atoms with Gasteiger partial charge in [-0.3, -0.25) is 19.4 Å². The average Bonchev–Trinajstić information content (AvgIpc) is 3.39. The number of esters is 1. The highest BCUT2D eigenvalue weighted by molar-refractivity contribution is 8.14. The molecule has 10 heteroatoms. The smallest absolute Gasteiger partial charge is 0.316 e. The Hall–Kier alpha value is -3.40. The van der Waals surface area contributed by atoms with E-state index in [-0.39, 0.29) is 37.1 Å². The van der Waals surface area contributed by atoms with Crippen molar-refractivity contribution in [2.45, 2.75) is 25.9 Å². The molecule has 0 saturated heterocycles. The Bertz CT molecular complexity index is 1060. The third-order valence-corrected chi connectivity index (χ3v) is 5.50. The van der Waals surface area contributed by atoms with Crippen LogP contribution in [-0.4, -0.2) is 52.1 Å². The lowest BCUT2D eigenvalue weighted by atomic mass is 10.1. The normalized spacial score (nSPS) is 16.9. The van der Waals surface area contributed by atoms with Gasteiger partial charge in [-0.05, 0) is 31.2 Å². The summed E-state index contributed by atoms with van der Waals surface area (Å²) in [6.07, 6.45) is 1.43. The minimum Gasteiger partial charge on any atom is -0.467 e. The molecule has 0 bridgehead atoms. The van der Waals surface area contributed by atoms with Crippen LogP contribution >= 0.6 is 11.8 Å². The molecule has 0 unspecified atom stereocenters. The molecule has 0 radical (unpaired) electrons. The van der Waals surface area contributed by atoms with Gasteiger partial charge < -0.3 is 14.5 Å². The Morgan fingerprint density at radius 3 is 2.87 bits per heavy atom. The lowest BCUT2D eigenvalue weighted by molar-refractivity contribution is -0.139. The zero-order valence-corrected chi connectivity index (χ0v) is 17.6. The third-order valence-electron chi connectivity index (χ3n) is 4.59. The number of carbonyl (C=O) groups excluding carboxylic acids is 3. The van der Waals surface area contributed by atoms with E-state index in [1.807, 2.05) is 24.3 Å². The van der Waals surface area contributed by atoms with E-state index in [1.54, 1.807) is 19.1 Å². The zero-order chi connectivity index (χ0) is 21.8. The minimum atomic E-state index is -0.869. The summed E-state index contributed by atoms with van der Waals surface area (Å²) in [6, 6.07) is 9.92. The van der Waals surface area contributed by atoms with Gasteiger partial charge in [0.05, 0.1) is 37.3 Å². The fourth-order valence-electron chi connectivity index (χ4n) is 3.20. The number of fused-ring (bicyclic) bond motifs is 3. The second kappa shape index (κ2) is 9.17.